The van der Waals surface area contributed by atoms with E-state index in [0.29, 0.717) is 16.2 Å². The molecule has 3 aromatic heterocycles. The van der Waals surface area contributed by atoms with Crippen LogP contribution in [0.2, 0.25) is 0 Å². The Morgan fingerprint density at radius 3 is 2.33 bits per heavy atom. The Hall–Kier alpha value is -2.26. The molecule has 4 aromatic rings. The summed E-state index contributed by atoms with van der Waals surface area (Å²) in [7, 11) is 0. The van der Waals surface area contributed by atoms with Crippen LogP contribution >= 0.6 is 22.7 Å². The monoisotopic (exact) mass is 546 g/mol. The molecule has 8 heteroatoms. The van der Waals surface area contributed by atoms with E-state index < -0.39 is 11.6 Å². The summed E-state index contributed by atoms with van der Waals surface area (Å²) in [5.74, 6) is 0.547. The molecule has 5 nitrogen and oxygen atoms in total. The smallest absolute Gasteiger partial charge is 0.349 e. The third kappa shape index (κ3) is 5.81. The number of aromatic nitrogens is 2. The normalized spacial score (nSPS) is 11.2. The zero-order valence-electron chi connectivity index (χ0n) is 18.4. The molecule has 0 saturated heterocycles. The molecular weight excluding hydrogens is 520 g/mol. The molecule has 174 valence electrons. The van der Waals surface area contributed by atoms with Crippen LogP contribution in [-0.2, 0) is 34.6 Å². The Kier molecular flexibility index (Phi) is 9.02. The number of halogens is 1. The number of hydrogen-bond acceptors (Lipinski definition) is 5. The van der Waals surface area contributed by atoms with Gasteiger partial charge in [0.15, 0.2) is 0 Å². The number of benzene rings is 1. The predicted octanol–water partition coefficient (Wildman–Crippen LogP) is 1.32. The lowest BCUT2D eigenvalue weighted by Gasteiger charge is -2.23. The zero-order valence-corrected chi connectivity index (χ0v) is 21.6. The highest BCUT2D eigenvalue weighted by atomic mass is 79.9. The van der Waals surface area contributed by atoms with Gasteiger partial charge in [-0.2, -0.15) is 0 Å². The average molecular weight is 548 g/mol. The lowest BCUT2D eigenvalue weighted by molar-refractivity contribution is -0.702. The number of carbonyl (C=O) groups excluding carboxylic acids is 1. The first-order valence-electron chi connectivity index (χ1n) is 10.7. The molecule has 3 heterocycles. The molecule has 1 N–H and O–H groups in total. The summed E-state index contributed by atoms with van der Waals surface area (Å²) in [6, 6.07) is 17.7. The SMILES string of the molecule is Cc1n(CCc2ccccc2)cc[n+]1CCCOC(=O)C(O)(c1cccs1)c1cccs1.[Br-]. The maximum absolute atomic E-state index is 12.9. The first kappa shape index (κ1) is 25.4. The Labute approximate surface area is 212 Å². The Morgan fingerprint density at radius 2 is 1.73 bits per heavy atom. The van der Waals surface area contributed by atoms with Crippen molar-refractivity contribution in [2.75, 3.05) is 6.61 Å². The molecule has 0 aliphatic rings. The Balaban J connectivity index is 0.00000306. The molecule has 0 unspecified atom stereocenters. The van der Waals surface area contributed by atoms with Crippen LogP contribution in [0.15, 0.2) is 77.8 Å². The number of carbonyl (C=O) groups is 1. The summed E-state index contributed by atoms with van der Waals surface area (Å²) in [5, 5.41) is 15.0. The van der Waals surface area contributed by atoms with Gasteiger partial charge in [-0.15, -0.1) is 22.7 Å². The first-order valence-corrected chi connectivity index (χ1v) is 12.4. The Bertz CT molecular complexity index is 1090. The summed E-state index contributed by atoms with van der Waals surface area (Å²) in [4.78, 5) is 14.0. The van der Waals surface area contributed by atoms with E-state index in [1.165, 1.54) is 34.1 Å². The van der Waals surface area contributed by atoms with Gasteiger partial charge in [0, 0.05) is 19.8 Å². The van der Waals surface area contributed by atoms with Crippen molar-refractivity contribution in [3.05, 3.63) is 98.9 Å². The van der Waals surface area contributed by atoms with Crippen molar-refractivity contribution >= 4 is 28.6 Å². The third-order valence-electron chi connectivity index (χ3n) is 5.57. The van der Waals surface area contributed by atoms with Crippen molar-refractivity contribution in [3.63, 3.8) is 0 Å². The summed E-state index contributed by atoms with van der Waals surface area (Å²) in [6.07, 6.45) is 5.81. The second kappa shape index (κ2) is 11.7. The van der Waals surface area contributed by atoms with Gasteiger partial charge in [0.05, 0.1) is 29.5 Å². The zero-order chi connectivity index (χ0) is 22.4. The lowest BCUT2D eigenvalue weighted by atomic mass is 10.0. The van der Waals surface area contributed by atoms with Crippen LogP contribution in [0.4, 0.5) is 0 Å². The van der Waals surface area contributed by atoms with Crippen LogP contribution in [-0.4, -0.2) is 22.2 Å². The van der Waals surface area contributed by atoms with Crippen LogP contribution in [0, 0.1) is 6.92 Å². The maximum atomic E-state index is 12.9. The third-order valence-corrected chi connectivity index (χ3v) is 7.53. The average Bonchev–Trinajstić information content (AvgIpc) is 3.59. The standard InChI is InChI=1S/C25H27N2O3S2.BrH/c1-20-26(15-16-27(20)14-12-21-8-3-2-4-9-21)13-7-17-30-24(28)25(29,22-10-5-18-31-22)23-11-6-19-32-23;/h2-6,8-11,15-16,18-19,29H,7,12-14,17H2,1H3;1H/q+1;/p-1. The molecule has 0 fully saturated rings. The fourth-order valence-corrected chi connectivity index (χ4v) is 5.42. The van der Waals surface area contributed by atoms with Crippen LogP contribution in [0.3, 0.4) is 0 Å². The quantitative estimate of drug-likeness (QED) is 0.185. The fourth-order valence-electron chi connectivity index (χ4n) is 3.70. The predicted molar refractivity (Wildman–Crippen MR) is 127 cm³/mol. The van der Waals surface area contributed by atoms with Crippen molar-refractivity contribution in [1.82, 2.24) is 4.57 Å². The molecule has 0 amide bonds. The van der Waals surface area contributed by atoms with Gasteiger partial charge in [-0.05, 0) is 28.5 Å². The number of esters is 1. The number of hydrogen-bond donors (Lipinski definition) is 1. The van der Waals surface area contributed by atoms with E-state index >= 15 is 0 Å². The van der Waals surface area contributed by atoms with E-state index in [0.717, 1.165) is 19.5 Å². The van der Waals surface area contributed by atoms with Crippen molar-refractivity contribution in [2.24, 2.45) is 0 Å². The molecule has 0 aliphatic heterocycles. The molecule has 4 rings (SSSR count). The van der Waals surface area contributed by atoms with Crippen molar-refractivity contribution in [1.29, 1.82) is 0 Å². The molecule has 0 atom stereocenters. The summed E-state index contributed by atoms with van der Waals surface area (Å²) < 4.78 is 9.94. The number of thiophene rings is 2. The summed E-state index contributed by atoms with van der Waals surface area (Å²) >= 11 is 2.70. The number of imidazole rings is 1. The van der Waals surface area contributed by atoms with Crippen LogP contribution < -0.4 is 21.5 Å². The first-order chi connectivity index (χ1) is 15.6. The lowest BCUT2D eigenvalue weighted by Crippen LogP contribution is -3.00. The van der Waals surface area contributed by atoms with E-state index in [4.69, 9.17) is 4.74 Å². The van der Waals surface area contributed by atoms with E-state index in [1.54, 1.807) is 12.1 Å². The van der Waals surface area contributed by atoms with Crippen LogP contribution in [0.5, 0.6) is 0 Å². The number of rotatable bonds is 10. The molecule has 0 saturated carbocycles. The van der Waals surface area contributed by atoms with Crippen molar-refractivity contribution in [3.8, 4) is 0 Å². The second-order valence-corrected chi connectivity index (χ2v) is 9.52. The van der Waals surface area contributed by atoms with Crippen LogP contribution in [0.1, 0.15) is 27.6 Å². The maximum Gasteiger partial charge on any atom is 0.349 e. The fraction of sp³-hybridized carbons (Fsp3) is 0.280. The summed E-state index contributed by atoms with van der Waals surface area (Å²) in [5.41, 5.74) is -0.422. The topological polar surface area (TPSA) is 55.3 Å². The minimum Gasteiger partial charge on any atom is -1.00 e. The molecule has 0 aliphatic carbocycles. The van der Waals surface area contributed by atoms with Crippen LogP contribution in [0.25, 0.3) is 0 Å². The Morgan fingerprint density at radius 1 is 1.06 bits per heavy atom. The highest BCUT2D eigenvalue weighted by Crippen LogP contribution is 2.36. The minimum absolute atomic E-state index is 0. The van der Waals surface area contributed by atoms with Gasteiger partial charge < -0.3 is 26.8 Å². The molecule has 0 radical (unpaired) electrons. The second-order valence-electron chi connectivity index (χ2n) is 7.62. The number of aryl methyl sites for hydroxylation is 3. The van der Waals surface area contributed by atoms with Crippen molar-refractivity contribution < 1.29 is 36.2 Å². The molecule has 33 heavy (non-hydrogen) atoms. The van der Waals surface area contributed by atoms with Gasteiger partial charge in [-0.3, -0.25) is 0 Å². The number of nitrogens with zero attached hydrogens (tertiary/aromatic N) is 2. The number of aliphatic hydroxyl groups is 1. The van der Waals surface area contributed by atoms with E-state index in [2.05, 4.69) is 52.7 Å². The molecule has 0 bridgehead atoms. The van der Waals surface area contributed by atoms with Gasteiger partial charge in [-0.25, -0.2) is 13.9 Å². The van der Waals surface area contributed by atoms with Gasteiger partial charge in [0.2, 0.25) is 5.60 Å². The van der Waals surface area contributed by atoms with E-state index in [9.17, 15) is 9.90 Å². The highest BCUT2D eigenvalue weighted by Gasteiger charge is 2.43. The van der Waals surface area contributed by atoms with Gasteiger partial charge in [-0.1, -0.05) is 42.5 Å². The number of ether oxygens (including phenoxy) is 1. The minimum atomic E-state index is -1.74. The molecule has 0 spiro atoms. The van der Waals surface area contributed by atoms with E-state index in [1.807, 2.05) is 29.0 Å². The highest BCUT2D eigenvalue weighted by molar-refractivity contribution is 7.12. The van der Waals surface area contributed by atoms with Gasteiger partial charge >= 0.3 is 5.97 Å². The largest absolute Gasteiger partial charge is 1.00 e. The molecule has 1 aromatic carbocycles. The van der Waals surface area contributed by atoms with Crippen molar-refractivity contribution in [2.45, 2.75) is 38.5 Å². The van der Waals surface area contributed by atoms with Gasteiger partial charge in [0.25, 0.3) is 5.82 Å². The molecular formula is C25H27BrN2O3S2. The summed E-state index contributed by atoms with van der Waals surface area (Å²) in [6.45, 7) is 4.02. The van der Waals surface area contributed by atoms with Gasteiger partial charge in [0.1, 0.15) is 12.4 Å². The van der Waals surface area contributed by atoms with E-state index in [-0.39, 0.29) is 23.6 Å².